The fourth-order valence-electron chi connectivity index (χ4n) is 3.88. The van der Waals surface area contributed by atoms with Crippen molar-refractivity contribution < 1.29 is 9.21 Å². The van der Waals surface area contributed by atoms with Crippen LogP contribution >= 0.6 is 45.5 Å². The van der Waals surface area contributed by atoms with E-state index in [2.05, 4.69) is 53.7 Å². The number of hydrogen-bond acceptors (Lipinski definition) is 4. The van der Waals surface area contributed by atoms with Crippen LogP contribution in [-0.2, 0) is 12.8 Å². The van der Waals surface area contributed by atoms with E-state index in [9.17, 15) is 4.79 Å². The quantitative estimate of drug-likeness (QED) is 0.259. The minimum Gasteiger partial charge on any atom is -0.449 e. The highest BCUT2D eigenvalue weighted by Crippen LogP contribution is 2.45. The molecule has 162 valence electrons. The number of furan rings is 1. The second-order valence-corrected chi connectivity index (χ2v) is 11.4. The molecule has 4 nitrogen and oxygen atoms in total. The van der Waals surface area contributed by atoms with Crippen LogP contribution in [0, 0.1) is 15.1 Å². The standard InChI is InChI=1S/C24H24ClIN2O2S/c1-24(2,3)14-4-10-18-19(12-14)31-23(27-13-17-9-11-20(26)30-17)21(18)22(29)28-16-7-5-15(25)6-8-16/h5-9,11,13-14H,4,10,12H2,1-3H3,(H,28,29)/t14-/m1/s1. The van der Waals surface area contributed by atoms with E-state index in [1.165, 1.54) is 4.88 Å². The van der Waals surface area contributed by atoms with Gasteiger partial charge in [-0.05, 0) is 95.1 Å². The third-order valence-electron chi connectivity index (χ3n) is 5.70. The molecule has 0 bridgehead atoms. The summed E-state index contributed by atoms with van der Waals surface area (Å²) in [5.74, 6) is 1.14. The first-order valence-corrected chi connectivity index (χ1v) is 12.5. The van der Waals surface area contributed by atoms with Gasteiger partial charge in [-0.2, -0.15) is 0 Å². The number of anilines is 1. The highest BCUT2D eigenvalue weighted by molar-refractivity contribution is 14.1. The summed E-state index contributed by atoms with van der Waals surface area (Å²) in [6.45, 7) is 6.88. The van der Waals surface area contributed by atoms with E-state index in [0.717, 1.165) is 33.6 Å². The first kappa shape index (κ1) is 22.6. The van der Waals surface area contributed by atoms with Gasteiger partial charge in [-0.15, -0.1) is 11.3 Å². The highest BCUT2D eigenvalue weighted by atomic mass is 127. The number of amides is 1. The van der Waals surface area contributed by atoms with E-state index in [0.29, 0.717) is 28.0 Å². The number of carbonyl (C=O) groups excluding carboxylic acids is 1. The van der Waals surface area contributed by atoms with Gasteiger partial charge in [0.2, 0.25) is 0 Å². The smallest absolute Gasteiger partial charge is 0.259 e. The summed E-state index contributed by atoms with van der Waals surface area (Å²) < 4.78 is 6.41. The fraction of sp³-hybridized carbons (Fsp3) is 0.333. The monoisotopic (exact) mass is 566 g/mol. The van der Waals surface area contributed by atoms with Gasteiger partial charge in [0.15, 0.2) is 3.77 Å². The molecule has 0 saturated carbocycles. The van der Waals surface area contributed by atoms with Crippen LogP contribution in [0.2, 0.25) is 5.02 Å². The third kappa shape index (κ3) is 5.23. The largest absolute Gasteiger partial charge is 0.449 e. The average molecular weight is 567 g/mol. The third-order valence-corrected chi connectivity index (χ3v) is 7.70. The predicted octanol–water partition coefficient (Wildman–Crippen LogP) is 7.75. The molecule has 31 heavy (non-hydrogen) atoms. The van der Waals surface area contributed by atoms with Gasteiger partial charge in [-0.1, -0.05) is 32.4 Å². The number of aliphatic imine (C=N–C) groups is 1. The molecule has 1 amide bonds. The lowest BCUT2D eigenvalue weighted by atomic mass is 9.72. The Hall–Kier alpha value is -1.64. The van der Waals surface area contributed by atoms with Crippen LogP contribution in [0.15, 0.2) is 45.8 Å². The SMILES string of the molecule is CC(C)(C)[C@@H]1CCc2c(sc(N=Cc3ccc(I)o3)c2C(=O)Nc2ccc(Cl)cc2)C1. The summed E-state index contributed by atoms with van der Waals surface area (Å²) in [4.78, 5) is 19.3. The number of nitrogens with one attached hydrogen (secondary N) is 1. The lowest BCUT2D eigenvalue weighted by Crippen LogP contribution is -2.27. The maximum Gasteiger partial charge on any atom is 0.259 e. The lowest BCUT2D eigenvalue weighted by molar-refractivity contribution is 0.102. The molecule has 2 aromatic heterocycles. The van der Waals surface area contributed by atoms with Crippen molar-refractivity contribution in [3.8, 4) is 0 Å². The normalized spacial score (nSPS) is 16.5. The van der Waals surface area contributed by atoms with Crippen molar-refractivity contribution in [2.45, 2.75) is 40.0 Å². The molecule has 1 atom stereocenters. The van der Waals surface area contributed by atoms with Crippen molar-refractivity contribution in [1.82, 2.24) is 0 Å². The van der Waals surface area contributed by atoms with Crippen LogP contribution in [-0.4, -0.2) is 12.1 Å². The molecule has 4 rings (SSSR count). The minimum atomic E-state index is -0.129. The Balaban J connectivity index is 1.69. The summed E-state index contributed by atoms with van der Waals surface area (Å²) in [7, 11) is 0. The number of fused-ring (bicyclic) bond motifs is 1. The molecule has 0 fully saturated rings. The maximum absolute atomic E-state index is 13.3. The van der Waals surface area contributed by atoms with E-state index in [-0.39, 0.29) is 11.3 Å². The van der Waals surface area contributed by atoms with E-state index in [1.807, 2.05) is 24.3 Å². The Bertz CT molecular complexity index is 1130. The summed E-state index contributed by atoms with van der Waals surface area (Å²) in [6, 6.07) is 10.9. The lowest BCUT2D eigenvalue weighted by Gasteiger charge is -2.33. The van der Waals surface area contributed by atoms with Crippen molar-refractivity contribution >= 4 is 68.3 Å². The maximum atomic E-state index is 13.3. The predicted molar refractivity (Wildman–Crippen MR) is 137 cm³/mol. The van der Waals surface area contributed by atoms with E-state index in [4.69, 9.17) is 16.0 Å². The van der Waals surface area contributed by atoms with Crippen LogP contribution < -0.4 is 5.32 Å². The molecule has 2 heterocycles. The van der Waals surface area contributed by atoms with E-state index < -0.39 is 0 Å². The molecule has 1 aliphatic rings. The van der Waals surface area contributed by atoms with Gasteiger partial charge in [0, 0.05) is 15.6 Å². The van der Waals surface area contributed by atoms with Crippen LogP contribution in [0.3, 0.4) is 0 Å². The molecule has 1 N–H and O–H groups in total. The van der Waals surface area contributed by atoms with Gasteiger partial charge in [0.05, 0.1) is 11.8 Å². The van der Waals surface area contributed by atoms with Gasteiger partial charge in [-0.25, -0.2) is 4.99 Å². The summed E-state index contributed by atoms with van der Waals surface area (Å²) in [5.41, 5.74) is 2.77. The first-order chi connectivity index (χ1) is 14.7. The second kappa shape index (κ2) is 9.08. The Morgan fingerprint density at radius 1 is 1.26 bits per heavy atom. The minimum absolute atomic E-state index is 0.129. The van der Waals surface area contributed by atoms with Gasteiger partial charge in [0.25, 0.3) is 5.91 Å². The Morgan fingerprint density at radius 2 is 2.00 bits per heavy atom. The van der Waals surface area contributed by atoms with Crippen molar-refractivity contribution in [2.24, 2.45) is 16.3 Å². The van der Waals surface area contributed by atoms with Gasteiger partial charge in [-0.3, -0.25) is 4.79 Å². The van der Waals surface area contributed by atoms with Gasteiger partial charge in [0.1, 0.15) is 10.8 Å². The van der Waals surface area contributed by atoms with Gasteiger partial charge < -0.3 is 9.73 Å². The Labute approximate surface area is 205 Å². The molecule has 3 aromatic rings. The van der Waals surface area contributed by atoms with E-state index in [1.54, 1.807) is 29.7 Å². The highest BCUT2D eigenvalue weighted by Gasteiger charge is 2.33. The van der Waals surface area contributed by atoms with Crippen LogP contribution in [0.5, 0.6) is 0 Å². The summed E-state index contributed by atoms with van der Waals surface area (Å²) in [5, 5.41) is 4.39. The molecular formula is C24H24ClIN2O2S. The van der Waals surface area contributed by atoms with Crippen LogP contribution in [0.25, 0.3) is 0 Å². The summed E-state index contributed by atoms with van der Waals surface area (Å²) in [6.07, 6.45) is 4.65. The van der Waals surface area contributed by atoms with E-state index >= 15 is 0 Å². The Morgan fingerprint density at radius 3 is 2.65 bits per heavy atom. The zero-order valence-electron chi connectivity index (χ0n) is 17.7. The Kier molecular flexibility index (Phi) is 6.60. The number of benzene rings is 1. The van der Waals surface area contributed by atoms with Gasteiger partial charge >= 0.3 is 0 Å². The van der Waals surface area contributed by atoms with Crippen LogP contribution in [0.1, 0.15) is 53.8 Å². The number of thiophene rings is 1. The van der Waals surface area contributed by atoms with Crippen molar-refractivity contribution in [1.29, 1.82) is 0 Å². The van der Waals surface area contributed by atoms with Crippen molar-refractivity contribution in [2.75, 3.05) is 5.32 Å². The number of hydrogen-bond donors (Lipinski definition) is 1. The second-order valence-electron chi connectivity index (χ2n) is 8.85. The van der Waals surface area contributed by atoms with Crippen molar-refractivity contribution in [3.05, 3.63) is 67.0 Å². The van der Waals surface area contributed by atoms with Crippen molar-refractivity contribution in [3.63, 3.8) is 0 Å². The average Bonchev–Trinajstić information content (AvgIpc) is 3.29. The zero-order valence-corrected chi connectivity index (χ0v) is 21.4. The molecule has 0 aliphatic heterocycles. The molecule has 1 aliphatic carbocycles. The topological polar surface area (TPSA) is 54.6 Å². The fourth-order valence-corrected chi connectivity index (χ4v) is 5.71. The number of rotatable bonds is 4. The molecule has 0 spiro atoms. The molecular weight excluding hydrogens is 543 g/mol. The molecule has 1 aromatic carbocycles. The molecule has 0 radical (unpaired) electrons. The molecule has 0 unspecified atom stereocenters. The number of halogens is 2. The molecule has 7 heteroatoms. The number of nitrogens with zero attached hydrogens (tertiary/aromatic N) is 1. The summed E-state index contributed by atoms with van der Waals surface area (Å²) >= 11 is 9.73. The molecule has 0 saturated heterocycles. The van der Waals surface area contributed by atoms with Crippen LogP contribution in [0.4, 0.5) is 10.7 Å². The first-order valence-electron chi connectivity index (χ1n) is 10.2. The number of carbonyl (C=O) groups is 1. The zero-order chi connectivity index (χ0) is 22.2.